The van der Waals surface area contributed by atoms with Crippen molar-refractivity contribution >= 4 is 12.2 Å². The molecule has 0 aromatic heterocycles. The van der Waals surface area contributed by atoms with Crippen molar-refractivity contribution in [2.75, 3.05) is 6.54 Å². The van der Waals surface area contributed by atoms with Crippen LogP contribution in [0.5, 0.6) is 0 Å². The molecule has 1 N–H and O–H groups in total. The Morgan fingerprint density at radius 3 is 3.29 bits per heavy atom. The molecule has 1 amide bonds. The average molecular weight is 187 g/mol. The van der Waals surface area contributed by atoms with Gasteiger partial charge in [-0.2, -0.15) is 0 Å². The van der Waals surface area contributed by atoms with Gasteiger partial charge in [0.05, 0.1) is 12.0 Å². The Kier molecular flexibility index (Phi) is 1.39. The van der Waals surface area contributed by atoms with Crippen LogP contribution in [-0.4, -0.2) is 23.7 Å². The molecule has 4 heteroatoms. The van der Waals surface area contributed by atoms with E-state index < -0.39 is 0 Å². The fourth-order valence-corrected chi connectivity index (χ4v) is 1.95. The number of carbonyl (C=O) groups is 1. The Bertz CT molecular complexity index is 429. The molecule has 0 atom stereocenters. The molecule has 3 aliphatic rings. The second kappa shape index (κ2) is 2.57. The van der Waals surface area contributed by atoms with Crippen LogP contribution in [0.1, 0.15) is 6.42 Å². The molecule has 0 unspecified atom stereocenters. The van der Waals surface area contributed by atoms with Crippen molar-refractivity contribution in [2.24, 2.45) is 4.99 Å². The van der Waals surface area contributed by atoms with Crippen LogP contribution in [0, 0.1) is 0 Å². The van der Waals surface area contributed by atoms with Crippen LogP contribution in [0.15, 0.2) is 40.3 Å². The molecule has 0 aliphatic carbocycles. The van der Waals surface area contributed by atoms with E-state index >= 15 is 0 Å². The predicted molar refractivity (Wildman–Crippen MR) is 52.2 cm³/mol. The van der Waals surface area contributed by atoms with Gasteiger partial charge in [-0.3, -0.25) is 4.79 Å². The molecule has 0 bridgehead atoms. The number of carbonyl (C=O) groups excluding carboxylic acids is 1. The Hall–Kier alpha value is -1.84. The van der Waals surface area contributed by atoms with Crippen molar-refractivity contribution in [3.8, 4) is 0 Å². The van der Waals surface area contributed by atoms with E-state index in [4.69, 9.17) is 0 Å². The Morgan fingerprint density at radius 1 is 1.43 bits per heavy atom. The van der Waals surface area contributed by atoms with Crippen LogP contribution in [0.2, 0.25) is 0 Å². The number of nitrogens with one attached hydrogen (secondary N) is 1. The number of amides is 1. The highest BCUT2D eigenvalue weighted by molar-refractivity contribution is 5.91. The third-order valence-corrected chi connectivity index (χ3v) is 2.56. The normalized spacial score (nSPS) is 23.3. The van der Waals surface area contributed by atoms with Gasteiger partial charge in [-0.05, 0) is 6.08 Å². The van der Waals surface area contributed by atoms with E-state index in [1.807, 2.05) is 6.08 Å². The number of allylic oxidation sites excluding steroid dienone is 1. The Labute approximate surface area is 81.3 Å². The van der Waals surface area contributed by atoms with Crippen molar-refractivity contribution in [3.63, 3.8) is 0 Å². The summed E-state index contributed by atoms with van der Waals surface area (Å²) in [6, 6.07) is 0. The predicted octanol–water partition coefficient (Wildman–Crippen LogP) is 0.515. The molecular formula is C10H9N3O. The van der Waals surface area contributed by atoms with Crippen LogP contribution in [0.4, 0.5) is 0 Å². The van der Waals surface area contributed by atoms with E-state index in [9.17, 15) is 4.79 Å². The maximum Gasteiger partial charge on any atom is 0.248 e. The van der Waals surface area contributed by atoms with E-state index in [0.717, 1.165) is 29.9 Å². The average Bonchev–Trinajstić information content (AvgIpc) is 2.51. The van der Waals surface area contributed by atoms with Gasteiger partial charge in [-0.25, -0.2) is 4.99 Å². The minimum Gasteiger partial charge on any atom is -0.330 e. The van der Waals surface area contributed by atoms with E-state index in [0.29, 0.717) is 0 Å². The van der Waals surface area contributed by atoms with Gasteiger partial charge in [-0.1, -0.05) is 0 Å². The lowest BCUT2D eigenvalue weighted by Gasteiger charge is -2.19. The van der Waals surface area contributed by atoms with Crippen molar-refractivity contribution in [1.82, 2.24) is 10.2 Å². The molecule has 4 nitrogen and oxygen atoms in total. The second-order valence-electron chi connectivity index (χ2n) is 3.44. The summed E-state index contributed by atoms with van der Waals surface area (Å²) in [5, 5.41) is 2.88. The topological polar surface area (TPSA) is 44.7 Å². The highest BCUT2D eigenvalue weighted by Crippen LogP contribution is 2.30. The third-order valence-electron chi connectivity index (χ3n) is 2.56. The number of hydrogen-bond acceptors (Lipinski definition) is 3. The van der Waals surface area contributed by atoms with Crippen molar-refractivity contribution in [2.45, 2.75) is 6.42 Å². The van der Waals surface area contributed by atoms with Crippen LogP contribution in [-0.2, 0) is 4.79 Å². The summed E-state index contributed by atoms with van der Waals surface area (Å²) in [7, 11) is 0. The van der Waals surface area contributed by atoms with Crippen LogP contribution in [0.3, 0.4) is 0 Å². The Balaban J connectivity index is 2.17. The van der Waals surface area contributed by atoms with Gasteiger partial charge in [0.15, 0.2) is 0 Å². The monoisotopic (exact) mass is 187 g/mol. The number of rotatable bonds is 0. The first-order chi connectivity index (χ1) is 6.84. The maximum absolute atomic E-state index is 11.3. The quantitative estimate of drug-likeness (QED) is 0.600. The summed E-state index contributed by atoms with van der Waals surface area (Å²) in [4.78, 5) is 17.5. The maximum atomic E-state index is 11.3. The molecule has 70 valence electrons. The first-order valence-electron chi connectivity index (χ1n) is 4.57. The summed E-state index contributed by atoms with van der Waals surface area (Å²) < 4.78 is 0. The van der Waals surface area contributed by atoms with Crippen molar-refractivity contribution in [1.29, 1.82) is 0 Å². The van der Waals surface area contributed by atoms with Gasteiger partial charge < -0.3 is 10.2 Å². The lowest BCUT2D eigenvalue weighted by molar-refractivity contribution is -0.115. The minimum atomic E-state index is -0.0512. The number of hydrogen-bond donors (Lipinski definition) is 1. The summed E-state index contributed by atoms with van der Waals surface area (Å²) in [5.74, 6) is -0.0512. The third kappa shape index (κ3) is 0.937. The lowest BCUT2D eigenvalue weighted by atomic mass is 10.1. The van der Waals surface area contributed by atoms with Gasteiger partial charge in [0.25, 0.3) is 0 Å². The highest BCUT2D eigenvalue weighted by atomic mass is 16.1. The molecule has 3 aliphatic heterocycles. The molecule has 0 aromatic carbocycles. The van der Waals surface area contributed by atoms with E-state index in [-0.39, 0.29) is 5.91 Å². The number of aliphatic imine (C=N–C) groups is 1. The van der Waals surface area contributed by atoms with Crippen LogP contribution >= 0.6 is 0 Å². The van der Waals surface area contributed by atoms with Crippen molar-refractivity contribution in [3.05, 3.63) is 35.3 Å². The SMILES string of the molecule is O=C1C=CC2=CN=CN3CCC(=C23)N1. The van der Waals surface area contributed by atoms with Crippen LogP contribution < -0.4 is 5.32 Å². The lowest BCUT2D eigenvalue weighted by Crippen LogP contribution is -2.21. The van der Waals surface area contributed by atoms with Crippen molar-refractivity contribution < 1.29 is 4.79 Å². The smallest absolute Gasteiger partial charge is 0.248 e. The molecule has 3 rings (SSSR count). The van der Waals surface area contributed by atoms with Gasteiger partial charge in [-0.15, -0.1) is 0 Å². The summed E-state index contributed by atoms with van der Waals surface area (Å²) in [6.45, 7) is 0.902. The molecule has 0 saturated heterocycles. The highest BCUT2D eigenvalue weighted by Gasteiger charge is 2.27. The first-order valence-corrected chi connectivity index (χ1v) is 4.57. The van der Waals surface area contributed by atoms with E-state index in [1.165, 1.54) is 0 Å². The van der Waals surface area contributed by atoms with Gasteiger partial charge in [0, 0.05) is 36.5 Å². The summed E-state index contributed by atoms with van der Waals surface area (Å²) >= 11 is 0. The number of nitrogens with zero attached hydrogens (tertiary/aromatic N) is 2. The second-order valence-corrected chi connectivity index (χ2v) is 3.44. The molecule has 0 fully saturated rings. The van der Waals surface area contributed by atoms with Gasteiger partial charge in [0.2, 0.25) is 5.91 Å². The van der Waals surface area contributed by atoms with Gasteiger partial charge >= 0.3 is 0 Å². The van der Waals surface area contributed by atoms with E-state index in [2.05, 4.69) is 15.2 Å². The first kappa shape index (κ1) is 7.55. The zero-order valence-corrected chi connectivity index (χ0v) is 7.53. The summed E-state index contributed by atoms with van der Waals surface area (Å²) in [5.41, 5.74) is 3.12. The molecule has 0 spiro atoms. The minimum absolute atomic E-state index is 0.0512. The standard InChI is InChI=1S/C10H9N3O/c14-9-2-1-7-5-11-6-13-4-3-8(12-9)10(7)13/h1-2,5-6H,3-4H2,(H,12,14). The van der Waals surface area contributed by atoms with Gasteiger partial charge in [0.1, 0.15) is 0 Å². The molecule has 3 heterocycles. The molecular weight excluding hydrogens is 178 g/mol. The zero-order chi connectivity index (χ0) is 9.54. The Morgan fingerprint density at radius 2 is 2.36 bits per heavy atom. The fraction of sp³-hybridized carbons (Fsp3) is 0.200. The molecule has 0 radical (unpaired) electrons. The van der Waals surface area contributed by atoms with Crippen LogP contribution in [0.25, 0.3) is 0 Å². The summed E-state index contributed by atoms with van der Waals surface area (Å²) in [6.07, 6.45) is 7.83. The molecule has 0 aromatic rings. The van der Waals surface area contributed by atoms with E-state index in [1.54, 1.807) is 18.6 Å². The molecule has 14 heavy (non-hydrogen) atoms. The largest absolute Gasteiger partial charge is 0.330 e. The zero-order valence-electron chi connectivity index (χ0n) is 7.53. The molecule has 0 saturated carbocycles. The fourth-order valence-electron chi connectivity index (χ4n) is 1.95.